The van der Waals surface area contributed by atoms with Crippen LogP contribution in [0, 0.1) is 0 Å². The Kier molecular flexibility index (Phi) is 6.49. The maximum atomic E-state index is 10.2. The molecule has 0 amide bonds. The van der Waals surface area contributed by atoms with Gasteiger partial charge < -0.3 is 9.47 Å². The molecule has 22 heavy (non-hydrogen) atoms. The lowest BCUT2D eigenvalue weighted by Gasteiger charge is -2.07. The van der Waals surface area contributed by atoms with Gasteiger partial charge >= 0.3 is 6.47 Å². The van der Waals surface area contributed by atoms with Crippen molar-refractivity contribution in [2.75, 3.05) is 6.61 Å². The van der Waals surface area contributed by atoms with Crippen LogP contribution in [0.1, 0.15) is 32.6 Å². The molecule has 2 rings (SSSR count). The minimum Gasteiger partial charge on any atom is -0.494 e. The Bertz CT molecular complexity index is 558. The molecule has 3 heteroatoms. The lowest BCUT2D eigenvalue weighted by molar-refractivity contribution is 0.305. The van der Waals surface area contributed by atoms with Crippen LogP contribution in [0.3, 0.4) is 0 Å². The zero-order valence-electron chi connectivity index (χ0n) is 12.9. The fourth-order valence-corrected chi connectivity index (χ4v) is 2.23. The molecule has 0 atom stereocenters. The topological polar surface area (TPSA) is 35.5 Å². The van der Waals surface area contributed by atoms with E-state index in [1.807, 2.05) is 36.4 Å². The van der Waals surface area contributed by atoms with Crippen LogP contribution < -0.4 is 9.47 Å². The number of hydrogen-bond acceptors (Lipinski definition) is 3. The number of carbonyl (C=O) groups excluding carboxylic acids is 1. The summed E-state index contributed by atoms with van der Waals surface area (Å²) in [4.78, 5) is 10.2. The van der Waals surface area contributed by atoms with Crippen molar-refractivity contribution in [2.24, 2.45) is 0 Å². The molecular weight excluding hydrogens is 276 g/mol. The smallest absolute Gasteiger partial charge is 0.423 e. The van der Waals surface area contributed by atoms with Crippen LogP contribution in [0.25, 0.3) is 11.1 Å². The maximum absolute atomic E-state index is 10.2. The first-order valence-electron chi connectivity index (χ1n) is 7.71. The van der Waals surface area contributed by atoms with E-state index >= 15 is 0 Å². The summed E-state index contributed by atoms with van der Waals surface area (Å²) in [6.45, 7) is 4.39. The Morgan fingerprint density at radius 2 is 1.41 bits per heavy atom. The zero-order chi connectivity index (χ0) is 15.6. The van der Waals surface area contributed by atoms with Gasteiger partial charge in [0.15, 0.2) is 0 Å². The molecule has 2 aromatic rings. The van der Waals surface area contributed by atoms with Gasteiger partial charge in [0.1, 0.15) is 11.5 Å². The zero-order valence-corrected chi connectivity index (χ0v) is 12.9. The molecule has 0 fully saturated rings. The Balaban J connectivity index is 1.89. The van der Waals surface area contributed by atoms with E-state index in [0.29, 0.717) is 5.75 Å². The summed E-state index contributed by atoms with van der Waals surface area (Å²) in [5, 5.41) is 0. The minimum atomic E-state index is 0.491. The number of benzene rings is 2. The minimum absolute atomic E-state index is 0.491. The normalized spacial score (nSPS) is 10.2. The third-order valence-electron chi connectivity index (χ3n) is 3.47. The molecule has 0 unspecified atom stereocenters. The predicted octanol–water partition coefficient (Wildman–Crippen LogP) is 4.76. The maximum Gasteiger partial charge on any atom is 0.423 e. The quantitative estimate of drug-likeness (QED) is 0.626. The van der Waals surface area contributed by atoms with Gasteiger partial charge in [-0.1, -0.05) is 50.5 Å². The summed E-state index contributed by atoms with van der Waals surface area (Å²) in [6, 6.07) is 15.3. The average molecular weight is 297 g/mol. The van der Waals surface area contributed by atoms with Crippen molar-refractivity contribution >= 4 is 6.47 Å². The Labute approximate surface area is 131 Å². The van der Waals surface area contributed by atoms with Crippen LogP contribution in [0.5, 0.6) is 11.5 Å². The van der Waals surface area contributed by atoms with Gasteiger partial charge in [0, 0.05) is 0 Å². The molecule has 0 aliphatic heterocycles. The second kappa shape index (κ2) is 8.88. The molecular formula is C19H21O3. The molecule has 115 valence electrons. The van der Waals surface area contributed by atoms with Crippen LogP contribution in [0.15, 0.2) is 48.5 Å². The van der Waals surface area contributed by atoms with Gasteiger partial charge in [-0.15, -0.1) is 0 Å². The summed E-state index contributed by atoms with van der Waals surface area (Å²) < 4.78 is 10.4. The lowest BCUT2D eigenvalue weighted by atomic mass is 10.1. The van der Waals surface area contributed by atoms with Crippen molar-refractivity contribution in [3.63, 3.8) is 0 Å². The van der Waals surface area contributed by atoms with Crippen LogP contribution >= 0.6 is 0 Å². The third-order valence-corrected chi connectivity index (χ3v) is 3.47. The highest BCUT2D eigenvalue weighted by molar-refractivity contribution is 5.65. The highest BCUT2D eigenvalue weighted by Gasteiger charge is 2.00. The summed E-state index contributed by atoms with van der Waals surface area (Å²) in [5.74, 6) is 1.39. The number of unbranched alkanes of at least 4 members (excludes halogenated alkanes) is 3. The second-order valence-electron chi connectivity index (χ2n) is 5.14. The number of hydrogen-bond donors (Lipinski definition) is 0. The van der Waals surface area contributed by atoms with Crippen LogP contribution in [0.2, 0.25) is 0 Å². The van der Waals surface area contributed by atoms with E-state index in [1.54, 1.807) is 12.1 Å². The van der Waals surface area contributed by atoms with Crippen molar-refractivity contribution < 1.29 is 14.3 Å². The SMILES string of the molecule is CCCCCCOc1ccc(-c2ccc(O[C]=O)cc2)cc1. The van der Waals surface area contributed by atoms with Crippen LogP contribution in [-0.2, 0) is 4.79 Å². The Morgan fingerprint density at radius 1 is 0.818 bits per heavy atom. The van der Waals surface area contributed by atoms with E-state index in [-0.39, 0.29) is 0 Å². The largest absolute Gasteiger partial charge is 0.494 e. The van der Waals surface area contributed by atoms with E-state index in [1.165, 1.54) is 25.7 Å². The molecule has 0 heterocycles. The first-order valence-corrected chi connectivity index (χ1v) is 7.71. The van der Waals surface area contributed by atoms with Crippen molar-refractivity contribution in [1.82, 2.24) is 0 Å². The van der Waals surface area contributed by atoms with E-state index in [0.717, 1.165) is 29.9 Å². The Morgan fingerprint density at radius 3 is 1.95 bits per heavy atom. The standard InChI is InChI=1S/C19H21O3/c1-2-3-4-5-14-21-18-10-6-16(7-11-18)17-8-12-19(13-9-17)22-15-20/h6-13H,2-5,14H2,1H3. The molecule has 0 aliphatic rings. The summed E-state index contributed by atoms with van der Waals surface area (Å²) in [5.41, 5.74) is 2.16. The molecule has 2 aromatic carbocycles. The van der Waals surface area contributed by atoms with Gasteiger partial charge in [-0.05, 0) is 41.8 Å². The average Bonchev–Trinajstić information content (AvgIpc) is 2.56. The van der Waals surface area contributed by atoms with Crippen molar-refractivity contribution in [2.45, 2.75) is 32.6 Å². The number of ether oxygens (including phenoxy) is 2. The first kappa shape index (κ1) is 16.1. The van der Waals surface area contributed by atoms with Crippen molar-refractivity contribution in [3.05, 3.63) is 48.5 Å². The lowest BCUT2D eigenvalue weighted by Crippen LogP contribution is -1.96. The van der Waals surface area contributed by atoms with Gasteiger partial charge in [0.05, 0.1) is 6.61 Å². The van der Waals surface area contributed by atoms with Crippen molar-refractivity contribution in [3.8, 4) is 22.6 Å². The van der Waals surface area contributed by atoms with Gasteiger partial charge in [-0.25, -0.2) is 4.79 Å². The van der Waals surface area contributed by atoms with E-state index in [4.69, 9.17) is 4.74 Å². The summed E-state index contributed by atoms with van der Waals surface area (Å²) in [6.07, 6.45) is 4.83. The van der Waals surface area contributed by atoms with E-state index in [2.05, 4.69) is 11.7 Å². The molecule has 0 saturated heterocycles. The van der Waals surface area contributed by atoms with Gasteiger partial charge in [-0.2, -0.15) is 0 Å². The Hall–Kier alpha value is -2.29. The monoisotopic (exact) mass is 297 g/mol. The van der Waals surface area contributed by atoms with Crippen LogP contribution in [-0.4, -0.2) is 13.1 Å². The van der Waals surface area contributed by atoms with Crippen molar-refractivity contribution in [1.29, 1.82) is 0 Å². The number of rotatable bonds is 9. The molecule has 0 aromatic heterocycles. The van der Waals surface area contributed by atoms with Gasteiger partial charge in [0.2, 0.25) is 0 Å². The van der Waals surface area contributed by atoms with Gasteiger partial charge in [-0.3, -0.25) is 0 Å². The fraction of sp³-hybridized carbons (Fsp3) is 0.316. The van der Waals surface area contributed by atoms with E-state index in [9.17, 15) is 4.79 Å². The molecule has 1 radical (unpaired) electrons. The molecule has 0 bridgehead atoms. The van der Waals surface area contributed by atoms with Crippen LogP contribution in [0.4, 0.5) is 0 Å². The molecule has 3 nitrogen and oxygen atoms in total. The second-order valence-corrected chi connectivity index (χ2v) is 5.14. The first-order chi connectivity index (χ1) is 10.8. The third kappa shape index (κ3) is 4.92. The molecule has 0 saturated carbocycles. The van der Waals surface area contributed by atoms with Gasteiger partial charge in [0.25, 0.3) is 0 Å². The molecule has 0 spiro atoms. The summed E-state index contributed by atoms with van der Waals surface area (Å²) >= 11 is 0. The highest BCUT2D eigenvalue weighted by atomic mass is 16.5. The molecule has 0 N–H and O–H groups in total. The molecule has 0 aliphatic carbocycles. The highest BCUT2D eigenvalue weighted by Crippen LogP contribution is 2.24. The van der Waals surface area contributed by atoms with E-state index < -0.39 is 0 Å². The fourth-order valence-electron chi connectivity index (χ4n) is 2.23. The summed E-state index contributed by atoms with van der Waals surface area (Å²) in [7, 11) is 0. The predicted molar refractivity (Wildman–Crippen MR) is 87.8 cm³/mol.